The molecule has 0 atom stereocenters. The number of hydrogen-bond acceptors (Lipinski definition) is 4. The second-order valence-electron chi connectivity index (χ2n) is 31.2. The van der Waals surface area contributed by atoms with Gasteiger partial charge in [0.15, 0.2) is 0 Å². The maximum Gasteiger partial charge on any atom is 0.119 e. The Hall–Kier alpha value is -13.1. The largest absolute Gasteiger partial charge is 0.345 e. The van der Waals surface area contributed by atoms with Crippen molar-refractivity contribution in [3.63, 3.8) is 0 Å². The van der Waals surface area contributed by atoms with Gasteiger partial charge in [0.1, 0.15) is 8.07 Å². The fourth-order valence-electron chi connectivity index (χ4n) is 19.4. The van der Waals surface area contributed by atoms with E-state index in [4.69, 9.17) is 0 Å². The molecule has 5 aliphatic rings. The smallest absolute Gasteiger partial charge is 0.119 e. The Kier molecular flexibility index (Phi) is 30.1. The van der Waals surface area contributed by atoms with Gasteiger partial charge in [-0.05, 0) is 186 Å². The normalized spacial score (nSPS) is 12.3. The van der Waals surface area contributed by atoms with Crippen LogP contribution in [0.1, 0.15) is 136 Å². The first kappa shape index (κ1) is 92.1. The van der Waals surface area contributed by atoms with Crippen molar-refractivity contribution in [2.45, 2.75) is 143 Å². The summed E-state index contributed by atoms with van der Waals surface area (Å²) in [5, 5.41) is 19.0. The molecule has 0 amide bonds. The van der Waals surface area contributed by atoms with Crippen LogP contribution >= 0.6 is 0 Å². The van der Waals surface area contributed by atoms with E-state index in [0.717, 1.165) is 0 Å². The fraction of sp³-hybridized carbons (Fsp3) is 0.207. The summed E-state index contributed by atoms with van der Waals surface area (Å²) in [4.78, 5) is 9.46. The maximum atomic E-state index is 2.51. The summed E-state index contributed by atoms with van der Waals surface area (Å²) >= 11 is 0. The first-order chi connectivity index (χ1) is 61.8. The van der Waals surface area contributed by atoms with Gasteiger partial charge in [0.2, 0.25) is 0 Å². The molecular formula is C121H130N4Si. The van der Waals surface area contributed by atoms with E-state index in [0.29, 0.717) is 0 Å². The second kappa shape index (κ2) is 41.2. The minimum atomic E-state index is -1.84. The molecule has 0 bridgehead atoms. The van der Waals surface area contributed by atoms with Crippen LogP contribution in [0.4, 0.5) is 45.5 Å². The van der Waals surface area contributed by atoms with Crippen molar-refractivity contribution in [2.24, 2.45) is 0 Å². The van der Waals surface area contributed by atoms with Crippen LogP contribution in [0.3, 0.4) is 0 Å². The Balaban J connectivity index is 0.000000145. The molecule has 18 aromatic rings. The molecule has 0 fully saturated rings. The summed E-state index contributed by atoms with van der Waals surface area (Å²) in [5.74, 6) is 0. The van der Waals surface area contributed by atoms with E-state index in [9.17, 15) is 0 Å². The van der Waals surface area contributed by atoms with Crippen molar-refractivity contribution in [3.8, 4) is 77.9 Å². The lowest BCUT2D eigenvalue weighted by Crippen LogP contribution is -2.59. The van der Waals surface area contributed by atoms with Crippen LogP contribution in [0.15, 0.2) is 352 Å². The molecule has 0 radical (unpaired) electrons. The Morgan fingerprint density at radius 1 is 0.190 bits per heavy atom. The predicted octanol–water partition coefficient (Wildman–Crippen LogP) is 35.3. The molecule has 0 spiro atoms. The van der Waals surface area contributed by atoms with Crippen LogP contribution in [-0.4, -0.2) is 36.3 Å². The van der Waals surface area contributed by atoms with Gasteiger partial charge >= 0.3 is 0 Å². The van der Waals surface area contributed by atoms with Gasteiger partial charge in [-0.2, -0.15) is 0 Å². The Labute approximate surface area is 755 Å². The molecule has 126 heavy (non-hydrogen) atoms. The highest BCUT2D eigenvalue weighted by Crippen LogP contribution is 2.59. The van der Waals surface area contributed by atoms with Gasteiger partial charge in [-0.25, -0.2) is 0 Å². The first-order valence-corrected chi connectivity index (χ1v) is 49.5. The lowest BCUT2D eigenvalue weighted by molar-refractivity contribution is 0.660. The highest BCUT2D eigenvalue weighted by Gasteiger charge is 2.41. The number of nitrogens with zero attached hydrogens (tertiary/aromatic N) is 4. The zero-order valence-electron chi connectivity index (χ0n) is 79.3. The average Bonchev–Trinajstić information content (AvgIpc) is 1.21. The third kappa shape index (κ3) is 16.4. The molecular weight excluding hydrogens is 1540 g/mol. The third-order valence-corrected chi connectivity index (χ3v) is 28.1. The van der Waals surface area contributed by atoms with E-state index < -0.39 is 8.07 Å². The summed E-state index contributed by atoms with van der Waals surface area (Å²) in [6, 6.07) is 129. The molecule has 4 heterocycles. The molecule has 0 aromatic heterocycles. The van der Waals surface area contributed by atoms with E-state index in [2.05, 4.69) is 427 Å². The number of benzene rings is 18. The van der Waals surface area contributed by atoms with Gasteiger partial charge in [0.05, 0.1) is 5.69 Å². The van der Waals surface area contributed by atoms with E-state index in [-0.39, 0.29) is 5.41 Å². The first-order valence-electron chi connectivity index (χ1n) is 46.5. The summed E-state index contributed by atoms with van der Waals surface area (Å²) in [6.45, 7) is 41.7. The van der Waals surface area contributed by atoms with Crippen molar-refractivity contribution in [3.05, 3.63) is 363 Å². The van der Waals surface area contributed by atoms with Crippen molar-refractivity contribution in [2.75, 3.05) is 47.8 Å². The third-order valence-electron chi connectivity index (χ3n) is 24.6. The van der Waals surface area contributed by atoms with Crippen LogP contribution in [0, 0.1) is 0 Å². The fourth-order valence-corrected chi connectivity index (χ4v) is 23.2. The number of anilines is 8. The zero-order chi connectivity index (χ0) is 90.3. The van der Waals surface area contributed by atoms with Crippen molar-refractivity contribution < 1.29 is 0 Å². The van der Waals surface area contributed by atoms with Crippen LogP contribution in [-0.2, 0) is 5.41 Å². The van der Waals surface area contributed by atoms with E-state index >= 15 is 0 Å². The minimum Gasteiger partial charge on any atom is -0.345 e. The van der Waals surface area contributed by atoms with Gasteiger partial charge < -0.3 is 19.6 Å². The molecule has 0 saturated carbocycles. The predicted molar refractivity (Wildman–Crippen MR) is 567 cm³/mol. The highest BCUT2D eigenvalue weighted by atomic mass is 28.3. The van der Waals surface area contributed by atoms with Gasteiger partial charge in [-0.3, -0.25) is 0 Å². The topological polar surface area (TPSA) is 13.0 Å². The number of para-hydroxylation sites is 3. The molecule has 638 valence electrons. The lowest BCUT2D eigenvalue weighted by atomic mass is 9.81. The SMILES string of the molecule is CC.CC.CC.CC.CC.CC.CC.CC.CN1c2ccc3ccccc3c2[Si](C)(C)c2c1ccc1ccccc21.CN1c2ccccc2-c2ccccc2-c2c1c1ccccc1c1ccccc21.CN1c2ccccc2-c2ccccc2-c2c1ccc1c2-c2ccccc2C1(C)C.CN1c2ccccc2-c2ccccc2-c2cc3cc4ccccc4cc3cc21. The molecule has 4 nitrogen and oxygen atoms in total. The Morgan fingerprint density at radius 3 is 0.968 bits per heavy atom. The Morgan fingerprint density at radius 2 is 0.500 bits per heavy atom. The molecule has 0 saturated heterocycles. The zero-order valence-corrected chi connectivity index (χ0v) is 80.3. The quantitative estimate of drug-likeness (QED) is 0.0852. The maximum absolute atomic E-state index is 2.51. The molecule has 0 N–H and O–H groups in total. The van der Waals surface area contributed by atoms with Gasteiger partial charge in [0, 0.05) is 112 Å². The van der Waals surface area contributed by atoms with E-state index in [1.165, 1.54) is 199 Å². The molecule has 5 heteroatoms. The van der Waals surface area contributed by atoms with Gasteiger partial charge in [-0.1, -0.05) is 429 Å². The van der Waals surface area contributed by atoms with Crippen LogP contribution in [0.25, 0.3) is 143 Å². The number of hydrogen-bond donors (Lipinski definition) is 0. The molecule has 4 aliphatic heterocycles. The summed E-state index contributed by atoms with van der Waals surface area (Å²) < 4.78 is 0. The highest BCUT2D eigenvalue weighted by molar-refractivity contribution is 7.05. The summed E-state index contributed by atoms with van der Waals surface area (Å²) in [5.41, 5.74) is 31.6. The average molecular weight is 1670 g/mol. The van der Waals surface area contributed by atoms with Crippen LogP contribution in [0.5, 0.6) is 0 Å². The van der Waals surface area contributed by atoms with Crippen molar-refractivity contribution >= 4 is 129 Å². The second-order valence-corrected chi connectivity index (χ2v) is 35.4. The summed E-state index contributed by atoms with van der Waals surface area (Å²) in [6.07, 6.45) is 0. The number of rotatable bonds is 0. The standard InChI is InChI=1S/C28H23N.2C27H19N.C23H21NSi.8C2H6/c1-28(2)22-14-8-6-13-21(22)26-23(28)16-17-25-27(26)20-12-5-4-10-18(20)19-11-7-9-15-24(19)29(25)3;1-28-25-17-9-8-13-21(25)20-12-3-6-15-23(20)26-22-14-5-2-10-18(22)19-11-4-7-16-24(19)27(26)28;1-28-26-13-7-6-12-24(26)22-10-4-5-11-23(22)25-16-20-14-18-8-2-3-9-19(18)15-21(20)17-27(25)28;1-24-20-14-12-16-8-4-6-10-18(16)22(20)25(2,3)23-19-11-7-5-9-17(19)13-15-21(23)24;8*1-2/h4-17H,1-3H3;2*2-17H,1H3;4-15H,1-3H3;8*1-2H3. The monoisotopic (exact) mass is 1670 g/mol. The lowest BCUT2D eigenvalue weighted by Gasteiger charge is -2.40. The van der Waals surface area contributed by atoms with Gasteiger partial charge in [0.25, 0.3) is 0 Å². The van der Waals surface area contributed by atoms with Crippen molar-refractivity contribution in [1.29, 1.82) is 0 Å². The van der Waals surface area contributed by atoms with Crippen molar-refractivity contribution in [1.82, 2.24) is 0 Å². The molecule has 18 aromatic carbocycles. The van der Waals surface area contributed by atoms with Crippen LogP contribution < -0.4 is 30.0 Å². The molecule has 23 rings (SSSR count). The number of fused-ring (bicyclic) bond motifs is 32. The minimum absolute atomic E-state index is 0.00757. The van der Waals surface area contributed by atoms with Crippen LogP contribution in [0.2, 0.25) is 13.1 Å². The Bertz CT molecular complexity index is 6750. The molecule has 1 aliphatic carbocycles. The van der Waals surface area contributed by atoms with Gasteiger partial charge in [-0.15, -0.1) is 0 Å². The van der Waals surface area contributed by atoms with E-state index in [1.807, 2.05) is 111 Å². The molecule has 0 unspecified atom stereocenters. The van der Waals surface area contributed by atoms with E-state index in [1.54, 1.807) is 10.4 Å². The summed E-state index contributed by atoms with van der Waals surface area (Å²) in [7, 11) is 6.94.